The molecule has 0 aromatic heterocycles. The van der Waals surface area contributed by atoms with Gasteiger partial charge >= 0.3 is 0 Å². The molecule has 0 radical (unpaired) electrons. The molecule has 0 saturated carbocycles. The first-order valence-corrected chi connectivity index (χ1v) is 2.12. The van der Waals surface area contributed by atoms with Crippen LogP contribution in [0.1, 0.15) is 0 Å². The number of rotatable bonds is 2. The summed E-state index contributed by atoms with van der Waals surface area (Å²) in [7, 11) is 0. The molecule has 0 unspecified atom stereocenters. The Labute approximate surface area is 53.4 Å². The van der Waals surface area contributed by atoms with Crippen molar-refractivity contribution in [3.63, 3.8) is 0 Å². The van der Waals surface area contributed by atoms with Crippen LogP contribution in [0.2, 0.25) is 0 Å². The highest BCUT2D eigenvalue weighted by molar-refractivity contribution is 6.27. The van der Waals surface area contributed by atoms with E-state index in [1.807, 2.05) is 0 Å². The number of hydrogen-bond acceptors (Lipinski definition) is 2. The van der Waals surface area contributed by atoms with Gasteiger partial charge in [-0.25, -0.2) is 0 Å². The Morgan fingerprint density at radius 2 is 2.14 bits per heavy atom. The highest BCUT2D eigenvalue weighted by Crippen LogP contribution is 1.71. The summed E-state index contributed by atoms with van der Waals surface area (Å²) in [6, 6.07) is 0. The third-order valence-electron chi connectivity index (χ3n) is 0.377. The zero-order valence-electron chi connectivity index (χ0n) is 3.69. The zero-order chi connectivity index (χ0) is 4.99. The molecule has 0 amide bonds. The van der Waals surface area contributed by atoms with Crippen LogP contribution >= 0.6 is 24.0 Å². The van der Waals surface area contributed by atoms with E-state index in [1.54, 1.807) is 0 Å². The lowest BCUT2D eigenvalue weighted by molar-refractivity contribution is -0.115. The van der Waals surface area contributed by atoms with Gasteiger partial charge in [-0.05, 0) is 0 Å². The number of ketones is 1. The normalized spacial score (nSPS) is 7.14. The fourth-order valence-corrected chi connectivity index (χ4v) is 0.164. The van der Waals surface area contributed by atoms with Crippen molar-refractivity contribution >= 4 is 29.8 Å². The lowest BCUT2D eigenvalue weighted by atomic mass is 10.5. The van der Waals surface area contributed by atoms with Crippen LogP contribution in [0.5, 0.6) is 0 Å². The van der Waals surface area contributed by atoms with Gasteiger partial charge in [-0.1, -0.05) is 0 Å². The van der Waals surface area contributed by atoms with Crippen LogP contribution in [-0.4, -0.2) is 18.2 Å². The summed E-state index contributed by atoms with van der Waals surface area (Å²) in [6.07, 6.45) is 0. The summed E-state index contributed by atoms with van der Waals surface area (Å²) in [6.45, 7) is 0.0590. The van der Waals surface area contributed by atoms with Crippen molar-refractivity contribution in [2.24, 2.45) is 5.73 Å². The van der Waals surface area contributed by atoms with Gasteiger partial charge in [0.05, 0.1) is 12.4 Å². The molecule has 0 spiro atoms. The van der Waals surface area contributed by atoms with E-state index in [9.17, 15) is 4.79 Å². The summed E-state index contributed by atoms with van der Waals surface area (Å²) < 4.78 is 0. The lowest BCUT2D eigenvalue weighted by Gasteiger charge is -1.80. The molecule has 0 aromatic rings. The van der Waals surface area contributed by atoms with E-state index >= 15 is 0 Å². The van der Waals surface area contributed by atoms with Crippen LogP contribution in [-0.2, 0) is 4.79 Å². The minimum atomic E-state index is -0.114. The van der Waals surface area contributed by atoms with Crippen molar-refractivity contribution in [2.75, 3.05) is 12.4 Å². The average Bonchev–Trinajstić information content (AvgIpc) is 1.65. The van der Waals surface area contributed by atoms with Crippen molar-refractivity contribution in [3.8, 4) is 0 Å². The van der Waals surface area contributed by atoms with Crippen LogP contribution in [0.4, 0.5) is 0 Å². The SMILES string of the molecule is Cl.NCC(=O)CCl. The van der Waals surface area contributed by atoms with Crippen molar-refractivity contribution in [2.45, 2.75) is 0 Å². The van der Waals surface area contributed by atoms with Crippen LogP contribution in [0.25, 0.3) is 0 Å². The Balaban J connectivity index is 0. The molecule has 2 N–H and O–H groups in total. The predicted octanol–water partition coefficient (Wildman–Crippen LogP) is 0.175. The number of alkyl halides is 1. The second kappa shape index (κ2) is 6.21. The van der Waals surface area contributed by atoms with Gasteiger partial charge in [0.25, 0.3) is 0 Å². The van der Waals surface area contributed by atoms with Crippen LogP contribution in [0, 0.1) is 0 Å². The smallest absolute Gasteiger partial charge is 0.161 e. The molecule has 0 fully saturated rings. The van der Waals surface area contributed by atoms with Gasteiger partial charge in [0.1, 0.15) is 0 Å². The molecule has 0 heterocycles. The zero-order valence-corrected chi connectivity index (χ0v) is 5.26. The molecule has 4 heteroatoms. The van der Waals surface area contributed by atoms with Gasteiger partial charge < -0.3 is 5.73 Å². The Morgan fingerprint density at radius 1 is 1.71 bits per heavy atom. The minimum absolute atomic E-state index is 0. The molecule has 0 aliphatic heterocycles. The van der Waals surface area contributed by atoms with Gasteiger partial charge in [0, 0.05) is 0 Å². The number of Topliss-reactive ketones (excluding diaryl/α,β-unsaturated/α-hetero) is 1. The van der Waals surface area contributed by atoms with E-state index in [0.29, 0.717) is 0 Å². The lowest BCUT2D eigenvalue weighted by Crippen LogP contribution is -2.13. The molecule has 2 nitrogen and oxygen atoms in total. The maximum Gasteiger partial charge on any atom is 0.161 e. The van der Waals surface area contributed by atoms with Gasteiger partial charge in [-0.2, -0.15) is 0 Å². The highest BCUT2D eigenvalue weighted by atomic mass is 35.5. The Bertz CT molecular complexity index is 50.9. The van der Waals surface area contributed by atoms with Crippen molar-refractivity contribution in [1.29, 1.82) is 0 Å². The van der Waals surface area contributed by atoms with E-state index in [1.165, 1.54) is 0 Å². The molecule has 0 aliphatic rings. The molecular formula is C3H7Cl2NO. The van der Waals surface area contributed by atoms with Gasteiger partial charge in [-0.3, -0.25) is 4.79 Å². The van der Waals surface area contributed by atoms with Gasteiger partial charge in [0.2, 0.25) is 0 Å². The first kappa shape index (κ1) is 10.2. The molecule has 0 bridgehead atoms. The van der Waals surface area contributed by atoms with E-state index in [-0.39, 0.29) is 30.6 Å². The summed E-state index contributed by atoms with van der Waals surface area (Å²) in [4.78, 5) is 9.92. The van der Waals surface area contributed by atoms with Crippen LogP contribution < -0.4 is 5.73 Å². The molecule has 0 aliphatic carbocycles. The molecule has 0 saturated heterocycles. The Kier molecular flexibility index (Phi) is 9.09. The average molecular weight is 144 g/mol. The summed E-state index contributed by atoms with van der Waals surface area (Å²) in [5, 5.41) is 0. The maximum atomic E-state index is 9.92. The van der Waals surface area contributed by atoms with Gasteiger partial charge in [0.15, 0.2) is 5.78 Å². The van der Waals surface area contributed by atoms with E-state index in [0.717, 1.165) is 0 Å². The van der Waals surface area contributed by atoms with Crippen LogP contribution in [0.15, 0.2) is 0 Å². The fraction of sp³-hybridized carbons (Fsp3) is 0.667. The summed E-state index contributed by atoms with van der Waals surface area (Å²) >= 11 is 5.02. The van der Waals surface area contributed by atoms with E-state index in [4.69, 9.17) is 17.3 Å². The Hall–Kier alpha value is 0.210. The predicted molar refractivity (Wildman–Crippen MR) is 32.0 cm³/mol. The number of halogens is 2. The molecule has 0 rings (SSSR count). The first-order chi connectivity index (χ1) is 2.81. The third kappa shape index (κ3) is 6.21. The number of carbonyl (C=O) groups excluding carboxylic acids is 1. The topological polar surface area (TPSA) is 43.1 Å². The van der Waals surface area contributed by atoms with Crippen molar-refractivity contribution in [3.05, 3.63) is 0 Å². The standard InChI is InChI=1S/C3H6ClNO.ClH/c4-1-3(6)2-5;/h1-2,5H2;1H. The second-order valence-corrected chi connectivity index (χ2v) is 1.14. The van der Waals surface area contributed by atoms with Crippen molar-refractivity contribution < 1.29 is 4.79 Å². The summed E-state index contributed by atoms with van der Waals surface area (Å²) in [5.41, 5.74) is 4.85. The Morgan fingerprint density at radius 3 is 2.14 bits per heavy atom. The maximum absolute atomic E-state index is 9.92. The van der Waals surface area contributed by atoms with Crippen molar-refractivity contribution in [1.82, 2.24) is 0 Å². The molecule has 0 aromatic carbocycles. The fourth-order valence-electron chi connectivity index (χ4n) is 0.0546. The number of carbonyl (C=O) groups is 1. The third-order valence-corrected chi connectivity index (χ3v) is 0.675. The second-order valence-electron chi connectivity index (χ2n) is 0.876. The van der Waals surface area contributed by atoms with Crippen LogP contribution in [0.3, 0.4) is 0 Å². The van der Waals surface area contributed by atoms with E-state index < -0.39 is 0 Å². The minimum Gasteiger partial charge on any atom is -0.324 e. The van der Waals surface area contributed by atoms with E-state index in [2.05, 4.69) is 0 Å². The molecular weight excluding hydrogens is 137 g/mol. The monoisotopic (exact) mass is 143 g/mol. The first-order valence-electron chi connectivity index (χ1n) is 1.59. The summed E-state index contributed by atoms with van der Waals surface area (Å²) in [5.74, 6) is -0.0760. The quantitative estimate of drug-likeness (QED) is 0.561. The highest BCUT2D eigenvalue weighted by Gasteiger charge is 1.89. The molecule has 0 atom stereocenters. The molecule has 44 valence electrons. The van der Waals surface area contributed by atoms with Gasteiger partial charge in [-0.15, -0.1) is 24.0 Å². The molecule has 7 heavy (non-hydrogen) atoms. The largest absolute Gasteiger partial charge is 0.324 e. The number of hydrogen-bond donors (Lipinski definition) is 1. The number of nitrogens with two attached hydrogens (primary N) is 1.